The van der Waals surface area contributed by atoms with E-state index in [1.165, 1.54) is 0 Å². The SMILES string of the molecule is [HH].c1cnc2n[nH]c(-c3nccs3)c2c1. The molecule has 0 saturated heterocycles. The highest BCUT2D eigenvalue weighted by Gasteiger charge is 2.08. The maximum atomic E-state index is 4.23. The second kappa shape index (κ2) is 2.88. The van der Waals surface area contributed by atoms with Crippen molar-refractivity contribution in [1.82, 2.24) is 20.2 Å². The van der Waals surface area contributed by atoms with Gasteiger partial charge in [-0.05, 0) is 12.1 Å². The average Bonchev–Trinajstić information content (AvgIpc) is 2.85. The second-order valence-electron chi connectivity index (χ2n) is 2.81. The van der Waals surface area contributed by atoms with Gasteiger partial charge in [0.05, 0.1) is 0 Å². The summed E-state index contributed by atoms with van der Waals surface area (Å²) in [7, 11) is 0. The largest absolute Gasteiger partial charge is 0.273 e. The number of pyridine rings is 1. The molecule has 0 aromatic carbocycles. The van der Waals surface area contributed by atoms with Crippen LogP contribution in [0.5, 0.6) is 0 Å². The molecule has 0 aliphatic rings. The molecule has 0 aliphatic carbocycles. The molecule has 0 aliphatic heterocycles. The first kappa shape index (κ1) is 7.64. The first-order chi connectivity index (χ1) is 6.95. The van der Waals surface area contributed by atoms with Crippen LogP contribution in [0.4, 0.5) is 0 Å². The molecule has 0 radical (unpaired) electrons. The van der Waals surface area contributed by atoms with Gasteiger partial charge in [-0.1, -0.05) is 0 Å². The fourth-order valence-electron chi connectivity index (χ4n) is 1.36. The molecule has 0 unspecified atom stereocenters. The van der Waals surface area contributed by atoms with Crippen LogP contribution in [0.1, 0.15) is 1.43 Å². The van der Waals surface area contributed by atoms with Crippen molar-refractivity contribution in [2.75, 3.05) is 0 Å². The number of hydrogen-bond donors (Lipinski definition) is 1. The third-order valence-corrected chi connectivity index (χ3v) is 2.77. The van der Waals surface area contributed by atoms with E-state index in [9.17, 15) is 0 Å². The lowest BCUT2D eigenvalue weighted by Gasteiger charge is -1.90. The summed E-state index contributed by atoms with van der Waals surface area (Å²) in [6.07, 6.45) is 3.51. The maximum absolute atomic E-state index is 4.23. The summed E-state index contributed by atoms with van der Waals surface area (Å²) in [6, 6.07) is 3.89. The molecular formula is C9H8N4S. The highest BCUT2D eigenvalue weighted by Crippen LogP contribution is 2.25. The molecule has 5 heteroatoms. The quantitative estimate of drug-likeness (QED) is 0.661. The van der Waals surface area contributed by atoms with Gasteiger partial charge < -0.3 is 0 Å². The van der Waals surface area contributed by atoms with E-state index in [2.05, 4.69) is 20.2 Å². The molecule has 3 heterocycles. The Bertz CT molecular complexity index is 560. The van der Waals surface area contributed by atoms with Gasteiger partial charge in [0.1, 0.15) is 10.7 Å². The number of fused-ring (bicyclic) bond motifs is 1. The summed E-state index contributed by atoms with van der Waals surface area (Å²) in [4.78, 5) is 8.37. The number of aromatic amines is 1. The van der Waals surface area contributed by atoms with Crippen molar-refractivity contribution in [3.63, 3.8) is 0 Å². The van der Waals surface area contributed by atoms with Gasteiger partial charge in [-0.25, -0.2) is 9.97 Å². The molecule has 4 nitrogen and oxygen atoms in total. The van der Waals surface area contributed by atoms with Crippen LogP contribution in [0.25, 0.3) is 21.7 Å². The number of hydrogen-bond acceptors (Lipinski definition) is 4. The topological polar surface area (TPSA) is 54.5 Å². The van der Waals surface area contributed by atoms with Gasteiger partial charge in [-0.15, -0.1) is 11.3 Å². The lowest BCUT2D eigenvalue weighted by Crippen LogP contribution is -1.75. The number of nitrogens with one attached hydrogen (secondary N) is 1. The van der Waals surface area contributed by atoms with Crippen LogP contribution in [0.15, 0.2) is 29.9 Å². The zero-order chi connectivity index (χ0) is 9.38. The predicted octanol–water partition coefficient (Wildman–Crippen LogP) is 2.33. The van der Waals surface area contributed by atoms with Crippen molar-refractivity contribution < 1.29 is 1.43 Å². The summed E-state index contributed by atoms with van der Waals surface area (Å²) in [5.74, 6) is 0. The van der Waals surface area contributed by atoms with E-state index in [1.807, 2.05) is 17.5 Å². The van der Waals surface area contributed by atoms with Crippen LogP contribution in [0, 0.1) is 0 Å². The fourth-order valence-corrected chi connectivity index (χ4v) is 2.01. The van der Waals surface area contributed by atoms with Crippen LogP contribution < -0.4 is 0 Å². The Hall–Kier alpha value is -1.75. The Morgan fingerprint density at radius 3 is 3.14 bits per heavy atom. The van der Waals surface area contributed by atoms with Gasteiger partial charge in [-0.2, -0.15) is 5.10 Å². The molecular weight excluding hydrogens is 196 g/mol. The van der Waals surface area contributed by atoms with E-state index in [4.69, 9.17) is 0 Å². The molecule has 0 bridgehead atoms. The van der Waals surface area contributed by atoms with Gasteiger partial charge in [0, 0.05) is 24.6 Å². The van der Waals surface area contributed by atoms with E-state index >= 15 is 0 Å². The molecule has 0 fully saturated rings. The van der Waals surface area contributed by atoms with Crippen molar-refractivity contribution in [3.8, 4) is 10.7 Å². The summed E-state index contributed by atoms with van der Waals surface area (Å²) in [6.45, 7) is 0. The second-order valence-corrected chi connectivity index (χ2v) is 3.70. The molecule has 14 heavy (non-hydrogen) atoms. The van der Waals surface area contributed by atoms with Crippen molar-refractivity contribution >= 4 is 22.4 Å². The molecule has 70 valence electrons. The third kappa shape index (κ3) is 1.03. The van der Waals surface area contributed by atoms with Gasteiger partial charge in [0.2, 0.25) is 0 Å². The Balaban J connectivity index is 0.000000853. The lowest BCUT2D eigenvalue weighted by atomic mass is 10.3. The Morgan fingerprint density at radius 1 is 1.29 bits per heavy atom. The van der Waals surface area contributed by atoms with Crippen LogP contribution >= 0.6 is 11.3 Å². The predicted molar refractivity (Wildman–Crippen MR) is 57.1 cm³/mol. The summed E-state index contributed by atoms with van der Waals surface area (Å²) in [5, 5.41) is 11.0. The molecule has 3 aromatic heterocycles. The number of thiazole rings is 1. The normalized spacial score (nSPS) is 10.9. The average molecular weight is 204 g/mol. The number of nitrogens with zero attached hydrogens (tertiary/aromatic N) is 3. The van der Waals surface area contributed by atoms with Crippen molar-refractivity contribution in [3.05, 3.63) is 29.9 Å². The van der Waals surface area contributed by atoms with Crippen molar-refractivity contribution in [1.29, 1.82) is 0 Å². The van der Waals surface area contributed by atoms with E-state index in [0.717, 1.165) is 21.7 Å². The monoisotopic (exact) mass is 204 g/mol. The molecule has 3 rings (SSSR count). The van der Waals surface area contributed by atoms with Crippen LogP contribution in [-0.2, 0) is 0 Å². The summed E-state index contributed by atoms with van der Waals surface area (Å²) >= 11 is 1.59. The zero-order valence-electron chi connectivity index (χ0n) is 7.14. The minimum atomic E-state index is 0. The summed E-state index contributed by atoms with van der Waals surface area (Å²) in [5.41, 5.74) is 1.68. The lowest BCUT2D eigenvalue weighted by molar-refractivity contribution is 1.10. The minimum absolute atomic E-state index is 0. The zero-order valence-corrected chi connectivity index (χ0v) is 7.95. The molecule has 1 N–H and O–H groups in total. The van der Waals surface area contributed by atoms with Gasteiger partial charge in [0.25, 0.3) is 0 Å². The Labute approximate surface area is 85.1 Å². The van der Waals surface area contributed by atoms with Gasteiger partial charge in [0.15, 0.2) is 5.65 Å². The van der Waals surface area contributed by atoms with Crippen molar-refractivity contribution in [2.24, 2.45) is 0 Å². The number of aromatic nitrogens is 4. The highest BCUT2D eigenvalue weighted by molar-refractivity contribution is 7.13. The fraction of sp³-hybridized carbons (Fsp3) is 0. The van der Waals surface area contributed by atoms with Crippen LogP contribution in [0.2, 0.25) is 0 Å². The van der Waals surface area contributed by atoms with E-state index < -0.39 is 0 Å². The minimum Gasteiger partial charge on any atom is -0.273 e. The standard InChI is InChI=1S/C9H6N4S.H2/c1-2-6-7(9-11-4-5-14-9)12-13-8(6)10-3-1;/h1-5H,(H,10,12,13);1H. The first-order valence-corrected chi connectivity index (χ1v) is 5.02. The van der Waals surface area contributed by atoms with E-state index in [-0.39, 0.29) is 1.43 Å². The van der Waals surface area contributed by atoms with Crippen LogP contribution in [0.3, 0.4) is 0 Å². The smallest absolute Gasteiger partial charge is 0.181 e. The molecule has 0 amide bonds. The maximum Gasteiger partial charge on any atom is 0.181 e. The third-order valence-electron chi connectivity index (χ3n) is 1.98. The van der Waals surface area contributed by atoms with Gasteiger partial charge in [-0.3, -0.25) is 5.10 Å². The first-order valence-electron chi connectivity index (χ1n) is 4.14. The molecule has 0 saturated carbocycles. The van der Waals surface area contributed by atoms with E-state index in [1.54, 1.807) is 23.7 Å². The highest BCUT2D eigenvalue weighted by atomic mass is 32.1. The number of rotatable bonds is 1. The number of H-pyrrole nitrogens is 1. The van der Waals surface area contributed by atoms with E-state index in [0.29, 0.717) is 0 Å². The van der Waals surface area contributed by atoms with Crippen LogP contribution in [-0.4, -0.2) is 20.2 Å². The Morgan fingerprint density at radius 2 is 2.29 bits per heavy atom. The molecule has 0 spiro atoms. The molecule has 0 atom stereocenters. The molecule has 3 aromatic rings. The van der Waals surface area contributed by atoms with Crippen molar-refractivity contribution in [2.45, 2.75) is 0 Å². The summed E-state index contributed by atoms with van der Waals surface area (Å²) < 4.78 is 0. The Kier molecular flexibility index (Phi) is 1.57. The van der Waals surface area contributed by atoms with Gasteiger partial charge >= 0.3 is 0 Å².